The van der Waals surface area contributed by atoms with Crippen molar-refractivity contribution >= 4 is 19.8 Å². The first-order valence-electron chi connectivity index (χ1n) is 22.7. The van der Waals surface area contributed by atoms with E-state index >= 15 is 0 Å². The van der Waals surface area contributed by atoms with Crippen molar-refractivity contribution in [1.82, 2.24) is 0 Å². The van der Waals surface area contributed by atoms with Gasteiger partial charge in [-0.2, -0.15) is 26.3 Å². The van der Waals surface area contributed by atoms with Crippen LogP contribution in [0.15, 0.2) is 82.0 Å². The highest BCUT2D eigenvalue weighted by Gasteiger charge is 2.43. The van der Waals surface area contributed by atoms with Gasteiger partial charge in [0, 0.05) is 23.0 Å². The molecule has 0 spiro atoms. The summed E-state index contributed by atoms with van der Waals surface area (Å²) in [7, 11) is -2.08. The van der Waals surface area contributed by atoms with Gasteiger partial charge in [-0.25, -0.2) is 0 Å². The lowest BCUT2D eigenvalue weighted by Crippen LogP contribution is -2.43. The second-order valence-corrected chi connectivity index (χ2v) is 24.5. The average molecular weight is 871 g/mol. The molecule has 4 atom stereocenters. The molecule has 1 N–H and O–H groups in total. The minimum absolute atomic E-state index is 0.0291. The van der Waals surface area contributed by atoms with Crippen LogP contribution in [0.5, 0.6) is 11.5 Å². The molecule has 0 radical (unpaired) electrons. The van der Waals surface area contributed by atoms with Crippen LogP contribution < -0.4 is 4.43 Å². The van der Waals surface area contributed by atoms with Gasteiger partial charge in [0.15, 0.2) is 13.2 Å². The molecule has 11 heteroatoms. The number of alkyl halides is 6. The summed E-state index contributed by atoms with van der Waals surface area (Å²) in [6.07, 6.45) is 8.71. The highest BCUT2D eigenvalue weighted by molar-refractivity contribution is 6.74. The van der Waals surface area contributed by atoms with E-state index in [-0.39, 0.29) is 34.5 Å². The van der Waals surface area contributed by atoms with Gasteiger partial charge in [-0.1, -0.05) is 80.2 Å². The number of fused-ring (bicyclic) bond motifs is 6. The molecule has 0 heterocycles. The van der Waals surface area contributed by atoms with E-state index in [1.807, 2.05) is 24.3 Å². The van der Waals surface area contributed by atoms with Gasteiger partial charge in [-0.05, 0) is 155 Å². The van der Waals surface area contributed by atoms with E-state index in [4.69, 9.17) is 13.9 Å². The molecule has 2 aromatic rings. The number of phenols is 1. The minimum Gasteiger partial charge on any atom is -0.543 e. The number of allylic oxidation sites excluding steroid dienone is 6. The number of benzene rings is 2. The summed E-state index contributed by atoms with van der Waals surface area (Å²) < 4.78 is 96.3. The van der Waals surface area contributed by atoms with E-state index in [2.05, 4.69) is 33.9 Å². The summed E-state index contributed by atoms with van der Waals surface area (Å²) in [6, 6.07) is 14.0. The highest BCUT2D eigenvalue weighted by atomic mass is 28.4. The summed E-state index contributed by atoms with van der Waals surface area (Å²) in [6.45, 7) is 8.35. The molecule has 0 aromatic heterocycles. The SMILES string of the molecule is CC(C)(C)[Si](C)(C)Oc1cccc(/C(OCC(F)(F)F)=C2/C3CCCC2C2=C(CCCC2)C3)c1.Oc1cccc(/C(OCC(F)(F)F)=C2/C3CCCC2C2=C(CCCC2)C3)c1. The third-order valence-corrected chi connectivity index (χ3v) is 18.8. The van der Waals surface area contributed by atoms with Crippen LogP contribution in [0.3, 0.4) is 0 Å². The molecule has 334 valence electrons. The molecular formula is C50H64F6O4Si. The normalized spacial score (nSPS) is 26.0. The van der Waals surface area contributed by atoms with Crippen molar-refractivity contribution in [2.75, 3.05) is 13.2 Å². The Balaban J connectivity index is 0.000000189. The van der Waals surface area contributed by atoms with E-state index < -0.39 is 33.9 Å². The molecule has 2 saturated carbocycles. The van der Waals surface area contributed by atoms with E-state index in [1.54, 1.807) is 23.3 Å². The number of aromatic hydroxyl groups is 1. The van der Waals surface area contributed by atoms with Gasteiger partial charge in [0.1, 0.15) is 23.0 Å². The molecule has 61 heavy (non-hydrogen) atoms. The second kappa shape index (κ2) is 18.2. The number of phenolic OH excluding ortho intramolecular Hbond substituents is 1. The second-order valence-electron chi connectivity index (χ2n) is 19.8. The van der Waals surface area contributed by atoms with Crippen molar-refractivity contribution in [2.45, 2.75) is 154 Å². The lowest BCUT2D eigenvalue weighted by atomic mass is 9.62. The molecule has 4 nitrogen and oxygen atoms in total. The van der Waals surface area contributed by atoms with Gasteiger partial charge in [0.25, 0.3) is 0 Å². The first-order valence-corrected chi connectivity index (χ1v) is 25.6. The third-order valence-electron chi connectivity index (χ3n) is 14.5. The Morgan fingerprint density at radius 2 is 1.08 bits per heavy atom. The molecule has 6 aliphatic carbocycles. The Morgan fingerprint density at radius 3 is 1.54 bits per heavy atom. The molecule has 0 saturated heterocycles. The number of halogens is 6. The van der Waals surface area contributed by atoms with E-state index in [0.29, 0.717) is 22.6 Å². The Kier molecular flexibility index (Phi) is 13.6. The average Bonchev–Trinajstić information content (AvgIpc) is 3.17. The Bertz CT molecular complexity index is 2030. The Hall–Kier alpha value is -3.60. The first-order chi connectivity index (χ1) is 28.8. The highest BCUT2D eigenvalue weighted by Crippen LogP contribution is 2.55. The quantitative estimate of drug-likeness (QED) is 0.124. The molecule has 0 amide bonds. The lowest BCUT2D eigenvalue weighted by molar-refractivity contribution is -0.159. The fourth-order valence-corrected chi connectivity index (χ4v) is 11.8. The summed E-state index contributed by atoms with van der Waals surface area (Å²) in [4.78, 5) is 0. The Labute approximate surface area is 359 Å². The van der Waals surface area contributed by atoms with Crippen molar-refractivity contribution in [1.29, 1.82) is 0 Å². The predicted molar refractivity (Wildman–Crippen MR) is 232 cm³/mol. The molecule has 2 fully saturated rings. The van der Waals surface area contributed by atoms with Crippen LogP contribution in [0.4, 0.5) is 26.3 Å². The molecule has 6 aliphatic rings. The van der Waals surface area contributed by atoms with Gasteiger partial charge in [-0.3, -0.25) is 0 Å². The summed E-state index contributed by atoms with van der Waals surface area (Å²) in [5.41, 5.74) is 9.50. The summed E-state index contributed by atoms with van der Waals surface area (Å²) in [5, 5.41) is 9.90. The maximum absolute atomic E-state index is 13.3. The monoisotopic (exact) mass is 870 g/mol. The van der Waals surface area contributed by atoms with Crippen LogP contribution in [0.2, 0.25) is 18.1 Å². The van der Waals surface area contributed by atoms with E-state index in [1.165, 1.54) is 42.5 Å². The summed E-state index contributed by atoms with van der Waals surface area (Å²) >= 11 is 0. The number of hydrogen-bond donors (Lipinski definition) is 1. The molecule has 4 unspecified atom stereocenters. The fourth-order valence-electron chi connectivity index (χ4n) is 10.8. The Morgan fingerprint density at radius 1 is 0.623 bits per heavy atom. The first kappa shape index (κ1) is 45.4. The van der Waals surface area contributed by atoms with E-state index in [9.17, 15) is 31.4 Å². The van der Waals surface area contributed by atoms with Gasteiger partial charge in [-0.15, -0.1) is 0 Å². The maximum Gasteiger partial charge on any atom is 0.422 e. The summed E-state index contributed by atoms with van der Waals surface area (Å²) in [5.74, 6) is 2.53. The van der Waals surface area contributed by atoms with Gasteiger partial charge in [0.05, 0.1) is 0 Å². The van der Waals surface area contributed by atoms with Crippen LogP contribution in [-0.2, 0) is 9.47 Å². The molecular weight excluding hydrogens is 807 g/mol. The van der Waals surface area contributed by atoms with Crippen LogP contribution in [0.25, 0.3) is 11.5 Å². The van der Waals surface area contributed by atoms with Crippen molar-refractivity contribution in [3.63, 3.8) is 0 Å². The zero-order chi connectivity index (χ0) is 43.7. The van der Waals surface area contributed by atoms with E-state index in [0.717, 1.165) is 100 Å². The predicted octanol–water partition coefficient (Wildman–Crippen LogP) is 15.4. The van der Waals surface area contributed by atoms with Crippen LogP contribution in [-0.4, -0.2) is 39.0 Å². The number of rotatable bonds is 8. The number of ether oxygens (including phenoxy) is 2. The third kappa shape index (κ3) is 10.8. The fraction of sp³-hybridized carbons (Fsp3) is 0.600. The van der Waals surface area contributed by atoms with Crippen molar-refractivity contribution in [3.8, 4) is 11.5 Å². The van der Waals surface area contributed by atoms with Gasteiger partial charge < -0.3 is 19.0 Å². The zero-order valence-corrected chi connectivity index (χ0v) is 37.6. The van der Waals surface area contributed by atoms with Gasteiger partial charge in [0.2, 0.25) is 8.32 Å². The molecule has 4 bridgehead atoms. The molecule has 2 aromatic carbocycles. The lowest BCUT2D eigenvalue weighted by Gasteiger charge is -2.43. The van der Waals surface area contributed by atoms with Crippen molar-refractivity contribution < 1.29 is 45.3 Å². The molecule has 8 rings (SSSR count). The van der Waals surface area contributed by atoms with Crippen LogP contribution >= 0.6 is 0 Å². The molecule has 0 aliphatic heterocycles. The number of hydrogen-bond acceptors (Lipinski definition) is 4. The maximum atomic E-state index is 13.3. The van der Waals surface area contributed by atoms with Gasteiger partial charge >= 0.3 is 12.4 Å². The largest absolute Gasteiger partial charge is 0.543 e. The topological polar surface area (TPSA) is 47.9 Å². The van der Waals surface area contributed by atoms with Crippen LogP contribution in [0, 0.1) is 23.7 Å². The standard InChI is InChI=1S/C28H39F3O2Si.C22H25F3O2/c1-27(2,3)34(4,5)33-22-13-8-12-21(17-22)26(32-18-28(29,30)31)25-20-11-9-15-24(25)23-14-7-6-10-19(23)16-20;23-22(24,25)13-27-21(16-7-3-8-17(26)12-16)20-15-6-4-10-19(20)18-9-2-1-5-14(18)11-15/h8,12-13,17,20,24H,6-7,9-11,14-16,18H2,1-5H3;3,7-8,12,15,19,26H,1-2,4-6,9-11,13H2/b26-25+;21-20+. The van der Waals surface area contributed by atoms with Crippen molar-refractivity contribution in [3.05, 3.63) is 93.1 Å². The van der Waals surface area contributed by atoms with Crippen molar-refractivity contribution in [2.24, 2.45) is 23.7 Å². The zero-order valence-electron chi connectivity index (χ0n) is 36.6. The smallest absolute Gasteiger partial charge is 0.422 e. The minimum atomic E-state index is -4.39. The van der Waals surface area contributed by atoms with Crippen LogP contribution in [0.1, 0.15) is 135 Å².